The van der Waals surface area contributed by atoms with Gasteiger partial charge in [0.2, 0.25) is 0 Å². The van der Waals surface area contributed by atoms with Gasteiger partial charge in [-0.3, -0.25) is 0 Å². The lowest BCUT2D eigenvalue weighted by atomic mass is 10.2. The summed E-state index contributed by atoms with van der Waals surface area (Å²) in [5.41, 5.74) is 1.10. The molecular formula is C7H6BrIO. The van der Waals surface area contributed by atoms with E-state index in [1.807, 2.05) is 19.1 Å². The maximum atomic E-state index is 9.33. The van der Waals surface area contributed by atoms with E-state index >= 15 is 0 Å². The first-order valence-electron chi connectivity index (χ1n) is 2.76. The van der Waals surface area contributed by atoms with Crippen molar-refractivity contribution >= 4 is 38.5 Å². The molecule has 1 aromatic rings. The van der Waals surface area contributed by atoms with Gasteiger partial charge < -0.3 is 5.11 Å². The summed E-state index contributed by atoms with van der Waals surface area (Å²) >= 11 is 5.34. The van der Waals surface area contributed by atoms with Crippen LogP contribution >= 0.6 is 38.5 Å². The molecule has 0 atom stereocenters. The van der Waals surface area contributed by atoms with Crippen LogP contribution in [0.2, 0.25) is 0 Å². The average Bonchev–Trinajstić information content (AvgIpc) is 1.93. The summed E-state index contributed by atoms with van der Waals surface area (Å²) in [6.07, 6.45) is 0. The minimum atomic E-state index is 0.334. The van der Waals surface area contributed by atoms with Crippen LogP contribution in [0, 0.1) is 10.5 Å². The van der Waals surface area contributed by atoms with Crippen molar-refractivity contribution in [2.75, 3.05) is 0 Å². The number of aromatic hydroxyl groups is 1. The molecule has 0 aliphatic rings. The van der Waals surface area contributed by atoms with Gasteiger partial charge in [0.15, 0.2) is 0 Å². The van der Waals surface area contributed by atoms with E-state index < -0.39 is 0 Å². The summed E-state index contributed by atoms with van der Waals surface area (Å²) in [5, 5.41) is 9.33. The molecule has 0 amide bonds. The Kier molecular flexibility index (Phi) is 2.57. The average molecular weight is 313 g/mol. The minimum Gasteiger partial charge on any atom is -0.506 e. The Morgan fingerprint density at radius 2 is 2.10 bits per heavy atom. The number of aryl methyl sites for hydroxylation is 1. The first kappa shape index (κ1) is 8.33. The van der Waals surface area contributed by atoms with E-state index in [0.29, 0.717) is 5.75 Å². The number of halogens is 2. The predicted octanol–water partition coefficient (Wildman–Crippen LogP) is 3.07. The van der Waals surface area contributed by atoms with Gasteiger partial charge in [0.05, 0.1) is 8.04 Å². The summed E-state index contributed by atoms with van der Waals surface area (Å²) in [6, 6.07) is 3.80. The first-order chi connectivity index (χ1) is 4.63. The molecule has 0 saturated carbocycles. The number of benzene rings is 1. The minimum absolute atomic E-state index is 0.334. The van der Waals surface area contributed by atoms with E-state index in [4.69, 9.17) is 0 Å². The van der Waals surface area contributed by atoms with Crippen molar-refractivity contribution in [3.63, 3.8) is 0 Å². The number of phenolic OH excluding ortho intramolecular Hbond substituents is 1. The van der Waals surface area contributed by atoms with Gasteiger partial charge in [0, 0.05) is 0 Å². The lowest BCUT2D eigenvalue weighted by molar-refractivity contribution is 0.467. The molecule has 3 heteroatoms. The second-order valence-corrected chi connectivity index (χ2v) is 3.96. The van der Waals surface area contributed by atoms with Crippen LogP contribution in [0.4, 0.5) is 0 Å². The van der Waals surface area contributed by atoms with E-state index in [1.165, 1.54) is 0 Å². The van der Waals surface area contributed by atoms with E-state index in [0.717, 1.165) is 13.6 Å². The zero-order valence-corrected chi connectivity index (χ0v) is 9.10. The summed E-state index contributed by atoms with van der Waals surface area (Å²) in [7, 11) is 0. The number of rotatable bonds is 0. The van der Waals surface area contributed by atoms with Crippen LogP contribution < -0.4 is 0 Å². The van der Waals surface area contributed by atoms with Crippen molar-refractivity contribution in [2.24, 2.45) is 0 Å². The van der Waals surface area contributed by atoms with E-state index in [1.54, 1.807) is 0 Å². The molecule has 1 nitrogen and oxygen atoms in total. The summed E-state index contributed by atoms with van der Waals surface area (Å²) < 4.78 is 1.66. The Morgan fingerprint density at radius 3 is 2.60 bits per heavy atom. The van der Waals surface area contributed by atoms with Crippen LogP contribution in [0.3, 0.4) is 0 Å². The first-order valence-corrected chi connectivity index (χ1v) is 4.63. The highest BCUT2D eigenvalue weighted by Gasteiger charge is 2.03. The molecule has 10 heavy (non-hydrogen) atoms. The molecule has 0 saturated heterocycles. The van der Waals surface area contributed by atoms with Gasteiger partial charge in [-0.15, -0.1) is 0 Å². The number of phenols is 1. The topological polar surface area (TPSA) is 20.2 Å². The Balaban J connectivity index is 3.34. The van der Waals surface area contributed by atoms with E-state index in [9.17, 15) is 5.11 Å². The predicted molar refractivity (Wildman–Crippen MR) is 53.3 cm³/mol. The zero-order chi connectivity index (χ0) is 7.72. The molecule has 0 heterocycles. The highest BCUT2D eigenvalue weighted by atomic mass is 127. The van der Waals surface area contributed by atoms with Crippen LogP contribution in [0.25, 0.3) is 0 Å². The van der Waals surface area contributed by atoms with Crippen LogP contribution in [-0.4, -0.2) is 5.11 Å². The molecule has 0 fully saturated rings. The monoisotopic (exact) mass is 312 g/mol. The van der Waals surface area contributed by atoms with Gasteiger partial charge in [0.25, 0.3) is 0 Å². The SMILES string of the molecule is Cc1ccc(Br)c(O)c1I. The third-order valence-electron chi connectivity index (χ3n) is 1.26. The third kappa shape index (κ3) is 1.45. The Bertz CT molecular complexity index is 233. The van der Waals surface area contributed by atoms with Gasteiger partial charge >= 0.3 is 0 Å². The van der Waals surface area contributed by atoms with Crippen LogP contribution in [0.5, 0.6) is 5.75 Å². The second-order valence-electron chi connectivity index (χ2n) is 2.03. The maximum absolute atomic E-state index is 9.33. The molecule has 1 N–H and O–H groups in total. The van der Waals surface area contributed by atoms with Crippen LogP contribution in [0.1, 0.15) is 5.56 Å². The van der Waals surface area contributed by atoms with Crippen molar-refractivity contribution in [1.29, 1.82) is 0 Å². The van der Waals surface area contributed by atoms with E-state index in [-0.39, 0.29) is 0 Å². The molecule has 0 bridgehead atoms. The van der Waals surface area contributed by atoms with Crippen LogP contribution in [-0.2, 0) is 0 Å². The Morgan fingerprint density at radius 1 is 1.50 bits per heavy atom. The zero-order valence-electron chi connectivity index (χ0n) is 5.36. The molecule has 0 aliphatic carbocycles. The molecule has 1 aromatic carbocycles. The normalized spacial score (nSPS) is 9.90. The highest BCUT2D eigenvalue weighted by molar-refractivity contribution is 14.1. The lowest BCUT2D eigenvalue weighted by Gasteiger charge is -2.01. The molecule has 0 spiro atoms. The van der Waals surface area contributed by atoms with Gasteiger partial charge in [0.1, 0.15) is 5.75 Å². The van der Waals surface area contributed by atoms with Gasteiger partial charge in [-0.25, -0.2) is 0 Å². The standard InChI is InChI=1S/C7H6BrIO/c1-4-2-3-5(8)7(10)6(4)9/h2-3,10H,1H3. The molecular weight excluding hydrogens is 307 g/mol. The highest BCUT2D eigenvalue weighted by Crippen LogP contribution is 2.30. The second kappa shape index (κ2) is 3.09. The van der Waals surface area contributed by atoms with Crippen molar-refractivity contribution in [3.05, 3.63) is 25.7 Å². The number of hydrogen-bond acceptors (Lipinski definition) is 1. The van der Waals surface area contributed by atoms with E-state index in [2.05, 4.69) is 38.5 Å². The molecule has 0 unspecified atom stereocenters. The fourth-order valence-electron chi connectivity index (χ4n) is 0.642. The molecule has 0 aliphatic heterocycles. The van der Waals surface area contributed by atoms with Crippen molar-refractivity contribution < 1.29 is 5.11 Å². The third-order valence-corrected chi connectivity index (χ3v) is 3.26. The fourth-order valence-corrected chi connectivity index (χ4v) is 1.81. The number of hydrogen-bond donors (Lipinski definition) is 1. The Labute approximate surface area is 81.7 Å². The van der Waals surface area contributed by atoms with Crippen molar-refractivity contribution in [3.8, 4) is 5.75 Å². The summed E-state index contributed by atoms with van der Waals surface area (Å²) in [5.74, 6) is 0.334. The van der Waals surface area contributed by atoms with Gasteiger partial charge in [-0.2, -0.15) is 0 Å². The largest absolute Gasteiger partial charge is 0.506 e. The molecule has 0 aromatic heterocycles. The summed E-state index contributed by atoms with van der Waals surface area (Å²) in [6.45, 7) is 1.97. The quantitative estimate of drug-likeness (QED) is 0.730. The Hall–Kier alpha value is 0.230. The molecule has 54 valence electrons. The van der Waals surface area contributed by atoms with Gasteiger partial charge in [-0.1, -0.05) is 6.07 Å². The molecule has 0 radical (unpaired) electrons. The lowest BCUT2D eigenvalue weighted by Crippen LogP contribution is -1.80. The fraction of sp³-hybridized carbons (Fsp3) is 0.143. The van der Waals surface area contributed by atoms with Crippen LogP contribution in [0.15, 0.2) is 16.6 Å². The maximum Gasteiger partial charge on any atom is 0.143 e. The van der Waals surface area contributed by atoms with Crippen molar-refractivity contribution in [2.45, 2.75) is 6.92 Å². The van der Waals surface area contributed by atoms with Crippen molar-refractivity contribution in [1.82, 2.24) is 0 Å². The molecule has 1 rings (SSSR count). The van der Waals surface area contributed by atoms with Gasteiger partial charge in [-0.05, 0) is 57.1 Å². The smallest absolute Gasteiger partial charge is 0.143 e. The summed E-state index contributed by atoms with van der Waals surface area (Å²) in [4.78, 5) is 0.